The quantitative estimate of drug-likeness (QED) is 0.651. The molecule has 0 aliphatic carbocycles. The maximum absolute atomic E-state index is 12.0. The number of unbranched alkanes of at least 4 members (excludes halogenated alkanes) is 3. The first kappa shape index (κ1) is 17.1. The fourth-order valence-corrected chi connectivity index (χ4v) is 3.51. The average Bonchev–Trinajstić information content (AvgIpc) is 2.43. The van der Waals surface area contributed by atoms with Crippen molar-refractivity contribution in [3.05, 3.63) is 35.9 Å². The van der Waals surface area contributed by atoms with E-state index in [1.165, 1.54) is 0 Å². The Morgan fingerprint density at radius 3 is 2.40 bits per heavy atom. The van der Waals surface area contributed by atoms with E-state index in [9.17, 15) is 8.42 Å². The van der Waals surface area contributed by atoms with E-state index in [1.54, 1.807) is 0 Å². The third-order valence-corrected chi connectivity index (χ3v) is 4.83. The fraction of sp³-hybridized carbons (Fsp3) is 0.600. The molecule has 1 aromatic rings. The molecule has 0 amide bonds. The Bertz CT molecular complexity index is 459. The van der Waals surface area contributed by atoms with Gasteiger partial charge in [0.1, 0.15) is 0 Å². The Labute approximate surface area is 122 Å². The van der Waals surface area contributed by atoms with E-state index in [0.717, 1.165) is 31.2 Å². The summed E-state index contributed by atoms with van der Waals surface area (Å²) in [5, 5.41) is 8.65. The van der Waals surface area contributed by atoms with E-state index in [0.29, 0.717) is 6.54 Å². The summed E-state index contributed by atoms with van der Waals surface area (Å²) >= 11 is 0. The van der Waals surface area contributed by atoms with Gasteiger partial charge in [-0.05, 0) is 24.3 Å². The van der Waals surface area contributed by atoms with Crippen molar-refractivity contribution in [1.82, 2.24) is 4.72 Å². The topological polar surface area (TPSA) is 66.4 Å². The minimum atomic E-state index is -3.22. The first-order valence-electron chi connectivity index (χ1n) is 7.18. The molecule has 0 fully saturated rings. The number of hydrogen-bond donors (Lipinski definition) is 2. The second-order valence-electron chi connectivity index (χ2n) is 5.13. The summed E-state index contributed by atoms with van der Waals surface area (Å²) in [6.07, 6.45) is 3.49. The number of aliphatic hydroxyl groups is 1. The standard InChI is InChI=1S/C15H25NO3S/c1-14(15-9-5-4-6-10-15)13-20(18,19)16-11-7-2-3-8-12-17/h4-6,9-10,14,16-17H,2-3,7-8,11-13H2,1H3. The van der Waals surface area contributed by atoms with Gasteiger partial charge in [-0.25, -0.2) is 13.1 Å². The average molecular weight is 299 g/mol. The molecule has 2 N–H and O–H groups in total. The predicted molar refractivity (Wildman–Crippen MR) is 82.2 cm³/mol. The van der Waals surface area contributed by atoms with Crippen LogP contribution in [0.4, 0.5) is 0 Å². The molecule has 0 aliphatic rings. The zero-order valence-electron chi connectivity index (χ0n) is 12.1. The minimum absolute atomic E-state index is 0.0110. The fourth-order valence-electron chi connectivity index (χ4n) is 2.08. The summed E-state index contributed by atoms with van der Waals surface area (Å²) in [6, 6.07) is 9.68. The lowest BCUT2D eigenvalue weighted by molar-refractivity contribution is 0.282. The third-order valence-electron chi connectivity index (χ3n) is 3.24. The Morgan fingerprint density at radius 1 is 1.10 bits per heavy atom. The van der Waals surface area contributed by atoms with Crippen molar-refractivity contribution in [3.63, 3.8) is 0 Å². The molecule has 0 bridgehead atoms. The van der Waals surface area contributed by atoms with Gasteiger partial charge in [0.2, 0.25) is 10.0 Å². The van der Waals surface area contributed by atoms with Gasteiger partial charge < -0.3 is 5.11 Å². The number of rotatable bonds is 10. The Morgan fingerprint density at radius 2 is 1.75 bits per heavy atom. The van der Waals surface area contributed by atoms with Crippen molar-refractivity contribution in [2.24, 2.45) is 0 Å². The molecule has 1 rings (SSSR count). The van der Waals surface area contributed by atoms with Gasteiger partial charge in [-0.3, -0.25) is 0 Å². The van der Waals surface area contributed by atoms with Crippen LogP contribution in [0.1, 0.15) is 44.1 Å². The van der Waals surface area contributed by atoms with Crippen LogP contribution in [0.25, 0.3) is 0 Å². The SMILES string of the molecule is CC(CS(=O)(=O)NCCCCCCO)c1ccccc1. The summed E-state index contributed by atoms with van der Waals surface area (Å²) < 4.78 is 26.6. The van der Waals surface area contributed by atoms with E-state index in [4.69, 9.17) is 5.11 Å². The number of nitrogens with one attached hydrogen (secondary N) is 1. The molecule has 1 unspecified atom stereocenters. The number of hydrogen-bond acceptors (Lipinski definition) is 3. The van der Waals surface area contributed by atoms with Crippen molar-refractivity contribution < 1.29 is 13.5 Å². The number of sulfonamides is 1. The monoisotopic (exact) mass is 299 g/mol. The molecule has 0 aliphatic heterocycles. The molecule has 4 nitrogen and oxygen atoms in total. The van der Waals surface area contributed by atoms with Crippen molar-refractivity contribution in [3.8, 4) is 0 Å². The van der Waals surface area contributed by atoms with E-state index in [-0.39, 0.29) is 18.3 Å². The van der Waals surface area contributed by atoms with Crippen LogP contribution < -0.4 is 4.72 Å². The lowest BCUT2D eigenvalue weighted by Gasteiger charge is -2.13. The van der Waals surface area contributed by atoms with Crippen molar-refractivity contribution in [1.29, 1.82) is 0 Å². The summed E-state index contributed by atoms with van der Waals surface area (Å²) in [6.45, 7) is 2.62. The lowest BCUT2D eigenvalue weighted by Crippen LogP contribution is -2.29. The Hall–Kier alpha value is -0.910. The van der Waals surface area contributed by atoms with Gasteiger partial charge in [0.25, 0.3) is 0 Å². The maximum Gasteiger partial charge on any atom is 0.212 e. The summed E-state index contributed by atoms with van der Waals surface area (Å²) in [5.41, 5.74) is 1.04. The zero-order valence-corrected chi connectivity index (χ0v) is 12.9. The van der Waals surface area contributed by atoms with Crippen LogP contribution in [-0.4, -0.2) is 32.4 Å². The molecule has 0 radical (unpaired) electrons. The molecule has 1 atom stereocenters. The summed E-state index contributed by atoms with van der Waals surface area (Å²) in [7, 11) is -3.22. The van der Waals surface area contributed by atoms with Crippen LogP contribution in [0.15, 0.2) is 30.3 Å². The van der Waals surface area contributed by atoms with Gasteiger partial charge in [-0.1, -0.05) is 50.1 Å². The molecule has 5 heteroatoms. The molecule has 0 aromatic heterocycles. The number of aliphatic hydroxyl groups excluding tert-OH is 1. The van der Waals surface area contributed by atoms with Gasteiger partial charge in [0.05, 0.1) is 5.75 Å². The van der Waals surface area contributed by atoms with Crippen molar-refractivity contribution in [2.75, 3.05) is 18.9 Å². The normalized spacial score (nSPS) is 13.3. The summed E-state index contributed by atoms with van der Waals surface area (Å²) in [4.78, 5) is 0. The molecular formula is C15H25NO3S. The highest BCUT2D eigenvalue weighted by Crippen LogP contribution is 2.16. The van der Waals surface area contributed by atoms with E-state index in [1.807, 2.05) is 37.3 Å². The van der Waals surface area contributed by atoms with Gasteiger partial charge in [-0.2, -0.15) is 0 Å². The minimum Gasteiger partial charge on any atom is -0.396 e. The van der Waals surface area contributed by atoms with Gasteiger partial charge >= 0.3 is 0 Å². The molecule has 1 aromatic carbocycles. The second kappa shape index (κ2) is 9.10. The predicted octanol–water partition coefficient (Wildman–Crippen LogP) is 2.26. The van der Waals surface area contributed by atoms with Crippen molar-refractivity contribution >= 4 is 10.0 Å². The van der Waals surface area contributed by atoms with Crippen LogP contribution in [0, 0.1) is 0 Å². The highest BCUT2D eigenvalue weighted by Gasteiger charge is 2.16. The third kappa shape index (κ3) is 7.03. The number of benzene rings is 1. The van der Waals surface area contributed by atoms with Crippen LogP contribution >= 0.6 is 0 Å². The first-order chi connectivity index (χ1) is 9.55. The zero-order chi connectivity index (χ0) is 14.8. The van der Waals surface area contributed by atoms with Gasteiger partial charge in [0, 0.05) is 13.2 Å². The molecule has 114 valence electrons. The van der Waals surface area contributed by atoms with Crippen molar-refractivity contribution in [2.45, 2.75) is 38.5 Å². The van der Waals surface area contributed by atoms with E-state index >= 15 is 0 Å². The van der Waals surface area contributed by atoms with Crippen LogP contribution in [0.2, 0.25) is 0 Å². The molecular weight excluding hydrogens is 274 g/mol. The lowest BCUT2D eigenvalue weighted by atomic mass is 10.0. The Balaban J connectivity index is 2.31. The van der Waals surface area contributed by atoms with Gasteiger partial charge in [0.15, 0.2) is 0 Å². The maximum atomic E-state index is 12.0. The highest BCUT2D eigenvalue weighted by atomic mass is 32.2. The van der Waals surface area contributed by atoms with Crippen LogP contribution in [0.5, 0.6) is 0 Å². The molecule has 0 saturated carbocycles. The van der Waals surface area contributed by atoms with E-state index in [2.05, 4.69) is 4.72 Å². The Kier molecular flexibility index (Phi) is 7.80. The first-order valence-corrected chi connectivity index (χ1v) is 8.83. The van der Waals surface area contributed by atoms with E-state index < -0.39 is 10.0 Å². The molecule has 0 spiro atoms. The molecule has 0 heterocycles. The van der Waals surface area contributed by atoms with Crippen LogP contribution in [0.3, 0.4) is 0 Å². The van der Waals surface area contributed by atoms with Crippen LogP contribution in [-0.2, 0) is 10.0 Å². The largest absolute Gasteiger partial charge is 0.396 e. The summed E-state index contributed by atoms with van der Waals surface area (Å²) in [5.74, 6) is 0.108. The molecule has 0 saturated heterocycles. The smallest absolute Gasteiger partial charge is 0.212 e. The van der Waals surface area contributed by atoms with Gasteiger partial charge in [-0.15, -0.1) is 0 Å². The molecule has 20 heavy (non-hydrogen) atoms. The highest BCUT2D eigenvalue weighted by molar-refractivity contribution is 7.89. The second-order valence-corrected chi connectivity index (χ2v) is 6.98.